The Morgan fingerprint density at radius 3 is 2.79 bits per heavy atom. The number of rotatable bonds is 3. The molecule has 0 saturated heterocycles. The van der Waals surface area contributed by atoms with Crippen LogP contribution < -0.4 is 11.1 Å². The zero-order valence-corrected chi connectivity index (χ0v) is 12.8. The minimum Gasteiger partial charge on any atom is -0.329 e. The number of aryl methyl sites for hydroxylation is 1. The number of fused-ring (bicyclic) bond motifs is 1. The van der Waals surface area contributed by atoms with Gasteiger partial charge in [-0.15, -0.1) is 12.4 Å². The molecule has 0 aliphatic carbocycles. The van der Waals surface area contributed by atoms with E-state index in [1.165, 1.54) is 16.9 Å². The Bertz CT molecular complexity index is 595. The van der Waals surface area contributed by atoms with Crippen molar-refractivity contribution in [2.45, 2.75) is 20.8 Å². The maximum Gasteiger partial charge on any atom is 0.233 e. The van der Waals surface area contributed by atoms with Crippen molar-refractivity contribution < 1.29 is 4.79 Å². The molecule has 104 valence electrons. The molecule has 0 aliphatic rings. The fraction of sp³-hybridized carbons (Fsp3) is 0.385. The molecule has 4 nitrogen and oxygen atoms in total. The molecule has 0 bridgehead atoms. The number of nitrogens with two attached hydrogens (primary N) is 1. The van der Waals surface area contributed by atoms with Crippen molar-refractivity contribution in [2.75, 3.05) is 11.9 Å². The number of anilines is 1. The highest BCUT2D eigenvalue weighted by molar-refractivity contribution is 7.22. The van der Waals surface area contributed by atoms with Crippen LogP contribution in [0.15, 0.2) is 18.2 Å². The number of nitrogens with one attached hydrogen (secondary N) is 1. The van der Waals surface area contributed by atoms with Crippen LogP contribution in [0, 0.1) is 12.3 Å². The first-order chi connectivity index (χ1) is 8.42. The Labute approximate surface area is 122 Å². The lowest BCUT2D eigenvalue weighted by molar-refractivity contribution is -0.123. The molecular formula is C13H18ClN3OS. The molecule has 19 heavy (non-hydrogen) atoms. The zero-order chi connectivity index (χ0) is 13.3. The van der Waals surface area contributed by atoms with Crippen molar-refractivity contribution in [3.63, 3.8) is 0 Å². The van der Waals surface area contributed by atoms with E-state index in [1.807, 2.05) is 32.9 Å². The van der Waals surface area contributed by atoms with E-state index in [-0.39, 0.29) is 18.3 Å². The quantitative estimate of drug-likeness (QED) is 0.915. The zero-order valence-electron chi connectivity index (χ0n) is 11.2. The average Bonchev–Trinajstić information content (AvgIpc) is 2.70. The van der Waals surface area contributed by atoms with Gasteiger partial charge in [0.05, 0.1) is 15.6 Å². The lowest BCUT2D eigenvalue weighted by Gasteiger charge is -2.19. The Balaban J connectivity index is 0.00000180. The molecule has 0 atom stereocenters. The van der Waals surface area contributed by atoms with Crippen LogP contribution in [0.4, 0.5) is 5.13 Å². The van der Waals surface area contributed by atoms with Gasteiger partial charge in [-0.05, 0) is 38.5 Å². The van der Waals surface area contributed by atoms with Crippen LogP contribution in [-0.2, 0) is 4.79 Å². The molecule has 1 aromatic carbocycles. The van der Waals surface area contributed by atoms with Crippen molar-refractivity contribution in [1.29, 1.82) is 0 Å². The Morgan fingerprint density at radius 1 is 1.47 bits per heavy atom. The van der Waals surface area contributed by atoms with Crippen LogP contribution in [0.3, 0.4) is 0 Å². The molecule has 1 aromatic heterocycles. The Hall–Kier alpha value is -1.17. The van der Waals surface area contributed by atoms with E-state index in [1.54, 1.807) is 0 Å². The molecule has 0 saturated carbocycles. The molecular weight excluding hydrogens is 282 g/mol. The van der Waals surface area contributed by atoms with Gasteiger partial charge in [0.1, 0.15) is 0 Å². The number of benzene rings is 1. The van der Waals surface area contributed by atoms with Gasteiger partial charge in [-0.1, -0.05) is 17.4 Å². The number of thiazole rings is 1. The first kappa shape index (κ1) is 15.9. The van der Waals surface area contributed by atoms with Gasteiger partial charge < -0.3 is 11.1 Å². The molecule has 1 amide bonds. The fourth-order valence-corrected chi connectivity index (χ4v) is 2.40. The topological polar surface area (TPSA) is 68.0 Å². The predicted molar refractivity (Wildman–Crippen MR) is 83.1 cm³/mol. The van der Waals surface area contributed by atoms with E-state index in [2.05, 4.69) is 16.4 Å². The first-order valence-corrected chi connectivity index (χ1v) is 6.63. The number of aromatic nitrogens is 1. The Kier molecular flexibility index (Phi) is 4.90. The van der Waals surface area contributed by atoms with Gasteiger partial charge in [-0.3, -0.25) is 4.79 Å². The molecule has 6 heteroatoms. The maximum atomic E-state index is 12.0. The molecule has 2 aromatic rings. The third kappa shape index (κ3) is 3.43. The van der Waals surface area contributed by atoms with E-state index in [0.29, 0.717) is 11.7 Å². The molecule has 0 aliphatic heterocycles. The van der Waals surface area contributed by atoms with Crippen molar-refractivity contribution in [1.82, 2.24) is 4.98 Å². The molecule has 1 heterocycles. The highest BCUT2D eigenvalue weighted by Crippen LogP contribution is 2.27. The van der Waals surface area contributed by atoms with Crippen LogP contribution in [0.1, 0.15) is 19.4 Å². The highest BCUT2D eigenvalue weighted by atomic mass is 35.5. The molecule has 0 radical (unpaired) electrons. The van der Waals surface area contributed by atoms with Gasteiger partial charge in [-0.25, -0.2) is 4.98 Å². The average molecular weight is 300 g/mol. The van der Waals surface area contributed by atoms with Gasteiger partial charge in [-0.2, -0.15) is 0 Å². The lowest BCUT2D eigenvalue weighted by atomic mass is 9.93. The second-order valence-electron chi connectivity index (χ2n) is 5.03. The van der Waals surface area contributed by atoms with Gasteiger partial charge in [0.15, 0.2) is 5.13 Å². The summed E-state index contributed by atoms with van der Waals surface area (Å²) in [5.41, 5.74) is 7.10. The van der Waals surface area contributed by atoms with Crippen molar-refractivity contribution >= 4 is 45.0 Å². The SMILES string of the molecule is Cc1ccc2nc(NC(=O)C(C)(C)CN)sc2c1.Cl. The summed E-state index contributed by atoms with van der Waals surface area (Å²) in [7, 11) is 0. The monoisotopic (exact) mass is 299 g/mol. The van der Waals surface area contributed by atoms with Crippen LogP contribution in [0.25, 0.3) is 10.2 Å². The third-order valence-electron chi connectivity index (χ3n) is 2.89. The van der Waals surface area contributed by atoms with Crippen molar-refractivity contribution in [3.05, 3.63) is 23.8 Å². The van der Waals surface area contributed by atoms with Crippen LogP contribution in [0.2, 0.25) is 0 Å². The van der Waals surface area contributed by atoms with Crippen molar-refractivity contribution in [3.8, 4) is 0 Å². The van der Waals surface area contributed by atoms with E-state index in [4.69, 9.17) is 5.73 Å². The van der Waals surface area contributed by atoms with Crippen LogP contribution in [0.5, 0.6) is 0 Å². The van der Waals surface area contributed by atoms with Gasteiger partial charge in [0, 0.05) is 6.54 Å². The summed E-state index contributed by atoms with van der Waals surface area (Å²) in [4.78, 5) is 16.4. The number of nitrogens with zero attached hydrogens (tertiary/aromatic N) is 1. The molecule has 0 fully saturated rings. The van der Waals surface area contributed by atoms with Crippen LogP contribution >= 0.6 is 23.7 Å². The smallest absolute Gasteiger partial charge is 0.233 e. The predicted octanol–water partition coefficient (Wildman–Crippen LogP) is 2.95. The summed E-state index contributed by atoms with van der Waals surface area (Å²) >= 11 is 1.48. The summed E-state index contributed by atoms with van der Waals surface area (Å²) in [6.07, 6.45) is 0. The third-order valence-corrected chi connectivity index (χ3v) is 3.82. The number of hydrogen-bond donors (Lipinski definition) is 2. The number of amides is 1. The summed E-state index contributed by atoms with van der Waals surface area (Å²) in [5, 5.41) is 3.46. The number of halogens is 1. The van der Waals surface area contributed by atoms with E-state index >= 15 is 0 Å². The minimum absolute atomic E-state index is 0. The van der Waals surface area contributed by atoms with E-state index < -0.39 is 5.41 Å². The molecule has 0 unspecified atom stereocenters. The summed E-state index contributed by atoms with van der Waals surface area (Å²) < 4.78 is 1.08. The second-order valence-corrected chi connectivity index (χ2v) is 6.06. The largest absolute Gasteiger partial charge is 0.329 e. The number of hydrogen-bond acceptors (Lipinski definition) is 4. The van der Waals surface area contributed by atoms with E-state index in [0.717, 1.165) is 10.2 Å². The highest BCUT2D eigenvalue weighted by Gasteiger charge is 2.26. The lowest BCUT2D eigenvalue weighted by Crippen LogP contribution is -2.37. The van der Waals surface area contributed by atoms with Crippen molar-refractivity contribution in [2.24, 2.45) is 11.1 Å². The summed E-state index contributed by atoms with van der Waals surface area (Å²) in [6, 6.07) is 6.04. The molecule has 3 N–H and O–H groups in total. The standard InChI is InChI=1S/C13H17N3OS.ClH/c1-8-4-5-9-10(6-8)18-12(15-9)16-11(17)13(2,3)7-14;/h4-6H,7,14H2,1-3H3,(H,15,16,17);1H. The normalized spacial score (nSPS) is 11.2. The second kappa shape index (κ2) is 5.86. The van der Waals surface area contributed by atoms with Gasteiger partial charge >= 0.3 is 0 Å². The minimum atomic E-state index is -0.576. The maximum absolute atomic E-state index is 12.0. The number of carbonyl (C=O) groups is 1. The van der Waals surface area contributed by atoms with Gasteiger partial charge in [0.2, 0.25) is 5.91 Å². The summed E-state index contributed by atoms with van der Waals surface area (Å²) in [6.45, 7) is 5.98. The molecule has 0 spiro atoms. The fourth-order valence-electron chi connectivity index (χ4n) is 1.44. The van der Waals surface area contributed by atoms with E-state index in [9.17, 15) is 4.79 Å². The molecule has 2 rings (SSSR count). The van der Waals surface area contributed by atoms with Crippen LogP contribution in [-0.4, -0.2) is 17.4 Å². The summed E-state index contributed by atoms with van der Waals surface area (Å²) in [5.74, 6) is -0.0965. The number of carbonyl (C=O) groups excluding carboxylic acids is 1. The Morgan fingerprint density at radius 2 is 2.16 bits per heavy atom. The first-order valence-electron chi connectivity index (χ1n) is 5.81. The van der Waals surface area contributed by atoms with Gasteiger partial charge in [0.25, 0.3) is 0 Å².